The minimum atomic E-state index is -4.69. The molecule has 0 spiro atoms. The van der Waals surface area contributed by atoms with Gasteiger partial charge in [-0.3, -0.25) is 9.69 Å². The van der Waals surface area contributed by atoms with Gasteiger partial charge in [-0.1, -0.05) is 6.92 Å². The van der Waals surface area contributed by atoms with Crippen LogP contribution in [0.5, 0.6) is 0 Å². The minimum absolute atomic E-state index is 0.212. The summed E-state index contributed by atoms with van der Waals surface area (Å²) in [6.07, 6.45) is -4.48. The van der Waals surface area contributed by atoms with Gasteiger partial charge in [-0.25, -0.2) is 0 Å². The van der Waals surface area contributed by atoms with Crippen molar-refractivity contribution in [2.45, 2.75) is 31.2 Å². The highest BCUT2D eigenvalue weighted by Gasteiger charge is 2.62. The molecule has 0 bridgehead atoms. The van der Waals surface area contributed by atoms with Crippen molar-refractivity contribution in [2.24, 2.45) is 0 Å². The predicted molar refractivity (Wildman–Crippen MR) is 44.3 cm³/mol. The highest BCUT2D eigenvalue weighted by Crippen LogP contribution is 2.38. The Hall–Kier alpha value is -0.820. The molecule has 1 aliphatic heterocycles. The molecule has 4 nitrogen and oxygen atoms in total. The summed E-state index contributed by atoms with van der Waals surface area (Å²) < 4.78 is 36.6. The van der Waals surface area contributed by atoms with E-state index in [4.69, 9.17) is 10.2 Å². The number of nitrogens with zero attached hydrogens (tertiary/aromatic N) is 1. The highest BCUT2D eigenvalue weighted by atomic mass is 19.4. The Balaban J connectivity index is 2.60. The van der Waals surface area contributed by atoms with Crippen LogP contribution in [0.1, 0.15) is 13.3 Å². The SMILES string of the molecule is CC[C@H](C(=O)O)N1CC(O)(C(F)(F)F)C1. The van der Waals surface area contributed by atoms with Crippen molar-refractivity contribution in [3.05, 3.63) is 0 Å². The van der Waals surface area contributed by atoms with Gasteiger partial charge in [-0.2, -0.15) is 13.2 Å². The molecule has 7 heteroatoms. The molecule has 1 saturated heterocycles. The van der Waals surface area contributed by atoms with Gasteiger partial charge in [0.2, 0.25) is 0 Å². The van der Waals surface area contributed by atoms with Gasteiger partial charge in [0.05, 0.1) is 0 Å². The summed E-state index contributed by atoms with van der Waals surface area (Å²) in [7, 11) is 0. The van der Waals surface area contributed by atoms with E-state index < -0.39 is 36.9 Å². The number of carboxylic acids is 1. The Kier molecular flexibility index (Phi) is 2.97. The first-order chi connectivity index (χ1) is 6.71. The molecule has 0 saturated carbocycles. The summed E-state index contributed by atoms with van der Waals surface area (Å²) in [5, 5.41) is 17.8. The first-order valence-corrected chi connectivity index (χ1v) is 4.47. The van der Waals surface area contributed by atoms with Gasteiger partial charge in [0.1, 0.15) is 6.04 Å². The number of alkyl halides is 3. The number of carboxylic acid groups (broad SMARTS) is 1. The number of halogens is 3. The van der Waals surface area contributed by atoms with Crippen molar-refractivity contribution in [3.63, 3.8) is 0 Å². The van der Waals surface area contributed by atoms with E-state index in [0.29, 0.717) is 0 Å². The van der Waals surface area contributed by atoms with Gasteiger partial charge in [0.15, 0.2) is 5.60 Å². The summed E-state index contributed by atoms with van der Waals surface area (Å²) in [6.45, 7) is 0.242. The molecule has 0 aromatic rings. The van der Waals surface area contributed by atoms with E-state index in [1.54, 1.807) is 6.92 Å². The monoisotopic (exact) mass is 227 g/mol. The molecule has 15 heavy (non-hydrogen) atoms. The molecule has 1 atom stereocenters. The molecule has 0 aliphatic carbocycles. The van der Waals surface area contributed by atoms with Crippen LogP contribution in [0.25, 0.3) is 0 Å². The number of rotatable bonds is 3. The molecule has 1 heterocycles. The second kappa shape index (κ2) is 3.64. The molecular weight excluding hydrogens is 215 g/mol. The van der Waals surface area contributed by atoms with Gasteiger partial charge in [-0.15, -0.1) is 0 Å². The van der Waals surface area contributed by atoms with Crippen LogP contribution in [0.2, 0.25) is 0 Å². The van der Waals surface area contributed by atoms with Crippen LogP contribution in [0.15, 0.2) is 0 Å². The Morgan fingerprint density at radius 2 is 2.00 bits per heavy atom. The third-order valence-electron chi connectivity index (χ3n) is 2.57. The molecular formula is C8H12F3NO3. The molecule has 2 N–H and O–H groups in total. The molecule has 0 amide bonds. The summed E-state index contributed by atoms with van der Waals surface area (Å²) >= 11 is 0. The number of aliphatic hydroxyl groups is 1. The van der Waals surface area contributed by atoms with E-state index in [0.717, 1.165) is 4.90 Å². The van der Waals surface area contributed by atoms with Crippen LogP contribution in [0.3, 0.4) is 0 Å². The van der Waals surface area contributed by atoms with Crippen molar-refractivity contribution in [2.75, 3.05) is 13.1 Å². The first-order valence-electron chi connectivity index (χ1n) is 4.47. The summed E-state index contributed by atoms with van der Waals surface area (Å²) in [5.74, 6) is -1.17. The maximum Gasteiger partial charge on any atom is 0.419 e. The van der Waals surface area contributed by atoms with Gasteiger partial charge in [0.25, 0.3) is 0 Å². The quantitative estimate of drug-likeness (QED) is 0.735. The summed E-state index contributed by atoms with van der Waals surface area (Å²) in [4.78, 5) is 11.7. The van der Waals surface area contributed by atoms with Gasteiger partial charge >= 0.3 is 12.1 Å². The lowest BCUT2D eigenvalue weighted by atomic mass is 9.91. The molecule has 0 radical (unpaired) electrons. The van der Waals surface area contributed by atoms with Crippen molar-refractivity contribution in [3.8, 4) is 0 Å². The maximum atomic E-state index is 12.2. The van der Waals surface area contributed by atoms with E-state index in [-0.39, 0.29) is 6.42 Å². The fraction of sp³-hybridized carbons (Fsp3) is 0.875. The zero-order valence-electron chi connectivity index (χ0n) is 8.08. The summed E-state index contributed by atoms with van der Waals surface area (Å²) in [5.41, 5.74) is -2.74. The average Bonchev–Trinajstić information content (AvgIpc) is 1.99. The van der Waals surface area contributed by atoms with Crippen molar-refractivity contribution in [1.82, 2.24) is 4.90 Å². The highest BCUT2D eigenvalue weighted by molar-refractivity contribution is 5.73. The largest absolute Gasteiger partial charge is 0.480 e. The van der Waals surface area contributed by atoms with Gasteiger partial charge < -0.3 is 10.2 Å². The minimum Gasteiger partial charge on any atom is -0.480 e. The lowest BCUT2D eigenvalue weighted by Gasteiger charge is -2.49. The summed E-state index contributed by atoms with van der Waals surface area (Å²) in [6, 6.07) is -0.951. The van der Waals surface area contributed by atoms with Crippen LogP contribution >= 0.6 is 0 Å². The molecule has 1 aliphatic rings. The topological polar surface area (TPSA) is 60.8 Å². The van der Waals surface area contributed by atoms with Crippen LogP contribution in [-0.4, -0.2) is 52.0 Å². The Labute approximate surface area is 84.3 Å². The molecule has 1 fully saturated rings. The smallest absolute Gasteiger partial charge is 0.419 e. The van der Waals surface area contributed by atoms with E-state index >= 15 is 0 Å². The lowest BCUT2D eigenvalue weighted by Crippen LogP contribution is -2.71. The van der Waals surface area contributed by atoms with Crippen molar-refractivity contribution < 1.29 is 28.2 Å². The Morgan fingerprint density at radius 3 is 2.27 bits per heavy atom. The third kappa shape index (κ3) is 2.07. The normalized spacial score (nSPS) is 23.3. The van der Waals surface area contributed by atoms with Crippen LogP contribution in [-0.2, 0) is 4.79 Å². The van der Waals surface area contributed by atoms with Crippen LogP contribution < -0.4 is 0 Å². The molecule has 1 rings (SSSR count). The Morgan fingerprint density at radius 1 is 1.53 bits per heavy atom. The third-order valence-corrected chi connectivity index (χ3v) is 2.57. The van der Waals surface area contributed by atoms with Crippen LogP contribution in [0, 0.1) is 0 Å². The van der Waals surface area contributed by atoms with E-state index in [9.17, 15) is 18.0 Å². The zero-order valence-corrected chi connectivity index (χ0v) is 8.08. The number of aliphatic carboxylic acids is 1. The number of likely N-dealkylation sites (tertiary alicyclic amines) is 1. The molecule has 0 unspecified atom stereocenters. The van der Waals surface area contributed by atoms with Crippen LogP contribution in [0.4, 0.5) is 13.2 Å². The average molecular weight is 227 g/mol. The predicted octanol–water partition coefficient (Wildman–Crippen LogP) is 0.459. The van der Waals surface area contributed by atoms with Gasteiger partial charge in [-0.05, 0) is 6.42 Å². The second-order valence-electron chi connectivity index (χ2n) is 3.70. The number of carbonyl (C=O) groups is 1. The fourth-order valence-corrected chi connectivity index (χ4v) is 1.61. The Bertz CT molecular complexity index is 260. The zero-order chi connectivity index (χ0) is 11.9. The number of hydrogen-bond donors (Lipinski definition) is 2. The van der Waals surface area contributed by atoms with Gasteiger partial charge in [0, 0.05) is 13.1 Å². The van der Waals surface area contributed by atoms with Crippen molar-refractivity contribution >= 4 is 5.97 Å². The molecule has 0 aromatic heterocycles. The standard InChI is InChI=1S/C8H12F3NO3/c1-2-5(6(13)14)12-3-7(15,4-12)8(9,10)11/h5,15H,2-4H2,1H3,(H,13,14)/t5-/m1/s1. The number of hydrogen-bond acceptors (Lipinski definition) is 3. The lowest BCUT2D eigenvalue weighted by molar-refractivity contribution is -0.305. The second-order valence-corrected chi connectivity index (χ2v) is 3.70. The maximum absolute atomic E-state index is 12.2. The first kappa shape index (κ1) is 12.3. The number of β-amino-alcohol motifs (C(OH)–C–C–N with tert-alkyl or cyclic N) is 1. The fourth-order valence-electron chi connectivity index (χ4n) is 1.61. The molecule has 0 aromatic carbocycles. The van der Waals surface area contributed by atoms with E-state index in [1.807, 2.05) is 0 Å². The van der Waals surface area contributed by atoms with E-state index in [1.165, 1.54) is 0 Å². The van der Waals surface area contributed by atoms with Crippen molar-refractivity contribution in [1.29, 1.82) is 0 Å². The molecule has 88 valence electrons. The van der Waals surface area contributed by atoms with E-state index in [2.05, 4.69) is 0 Å².